The van der Waals surface area contributed by atoms with Crippen LogP contribution in [0.5, 0.6) is 0 Å². The summed E-state index contributed by atoms with van der Waals surface area (Å²) in [7, 11) is 0. The van der Waals surface area contributed by atoms with Crippen molar-refractivity contribution in [1.29, 1.82) is 0 Å². The van der Waals surface area contributed by atoms with Crippen LogP contribution in [-0.2, 0) is 11.2 Å². The lowest BCUT2D eigenvalue weighted by molar-refractivity contribution is -0.136. The van der Waals surface area contributed by atoms with Crippen LogP contribution >= 0.6 is 0 Å². The Morgan fingerprint density at radius 1 is 1.32 bits per heavy atom. The van der Waals surface area contributed by atoms with Gasteiger partial charge in [-0.05, 0) is 38.3 Å². The highest BCUT2D eigenvalue weighted by Crippen LogP contribution is 2.12. The summed E-state index contributed by atoms with van der Waals surface area (Å²) in [5, 5.41) is 12.9. The van der Waals surface area contributed by atoms with Gasteiger partial charge >= 0.3 is 5.97 Å². The maximum atomic E-state index is 10.6. The summed E-state index contributed by atoms with van der Waals surface area (Å²) < 4.78 is 1.68. The van der Waals surface area contributed by atoms with E-state index in [0.717, 1.165) is 22.5 Å². The number of carboxylic acids is 1. The highest BCUT2D eigenvalue weighted by atomic mass is 16.4. The summed E-state index contributed by atoms with van der Waals surface area (Å²) in [5.74, 6) is -0.302. The smallest absolute Gasteiger partial charge is 0.303 e. The number of aromatic nitrogens is 4. The lowest BCUT2D eigenvalue weighted by Crippen LogP contribution is -2.08. The van der Waals surface area contributed by atoms with E-state index < -0.39 is 5.97 Å². The zero-order valence-electron chi connectivity index (χ0n) is 11.2. The van der Waals surface area contributed by atoms with E-state index in [4.69, 9.17) is 5.11 Å². The predicted molar refractivity (Wildman–Crippen MR) is 69.3 cm³/mol. The van der Waals surface area contributed by atoms with E-state index in [2.05, 4.69) is 15.1 Å². The first-order valence-corrected chi connectivity index (χ1v) is 6.05. The summed E-state index contributed by atoms with van der Waals surface area (Å²) in [6, 6.07) is 0. The fourth-order valence-electron chi connectivity index (χ4n) is 1.76. The number of carboxylic acid groups (broad SMARTS) is 1. The van der Waals surface area contributed by atoms with Gasteiger partial charge in [-0.3, -0.25) is 4.79 Å². The molecule has 0 atom stereocenters. The zero-order chi connectivity index (χ0) is 14.0. The molecule has 2 rings (SSSR count). The first kappa shape index (κ1) is 13.2. The first-order valence-electron chi connectivity index (χ1n) is 6.05. The number of hydrogen-bond donors (Lipinski definition) is 1. The van der Waals surface area contributed by atoms with Gasteiger partial charge in [-0.1, -0.05) is 0 Å². The van der Waals surface area contributed by atoms with Gasteiger partial charge < -0.3 is 5.11 Å². The standard InChI is InChI=1S/C13H16N4O2/c1-8-6-15-17(10(8)3)13-14-7-11(9(2)16-13)4-5-12(18)19/h6-7H,4-5H2,1-3H3,(H,18,19). The lowest BCUT2D eigenvalue weighted by Gasteiger charge is -2.07. The predicted octanol–water partition coefficient (Wildman–Crippen LogP) is 1.60. The number of hydrogen-bond acceptors (Lipinski definition) is 4. The first-order chi connectivity index (χ1) is 8.99. The van der Waals surface area contributed by atoms with Crippen molar-refractivity contribution in [3.05, 3.63) is 34.9 Å². The van der Waals surface area contributed by atoms with E-state index in [1.165, 1.54) is 0 Å². The molecule has 0 fully saturated rings. The molecule has 0 saturated carbocycles. The molecule has 2 heterocycles. The molecule has 19 heavy (non-hydrogen) atoms. The third-order valence-electron chi connectivity index (χ3n) is 3.12. The second-order valence-electron chi connectivity index (χ2n) is 4.50. The van der Waals surface area contributed by atoms with Crippen molar-refractivity contribution in [3.63, 3.8) is 0 Å². The van der Waals surface area contributed by atoms with Crippen molar-refractivity contribution >= 4 is 5.97 Å². The van der Waals surface area contributed by atoms with E-state index >= 15 is 0 Å². The van der Waals surface area contributed by atoms with E-state index in [1.54, 1.807) is 17.1 Å². The summed E-state index contributed by atoms with van der Waals surface area (Å²) in [6.07, 6.45) is 3.98. The van der Waals surface area contributed by atoms with Gasteiger partial charge in [0.1, 0.15) is 0 Å². The molecule has 0 aliphatic rings. The van der Waals surface area contributed by atoms with E-state index in [1.807, 2.05) is 20.8 Å². The topological polar surface area (TPSA) is 80.9 Å². The summed E-state index contributed by atoms with van der Waals surface area (Å²) in [5.41, 5.74) is 3.72. The highest BCUT2D eigenvalue weighted by molar-refractivity contribution is 5.67. The number of carbonyl (C=O) groups is 1. The summed E-state index contributed by atoms with van der Waals surface area (Å²) in [6.45, 7) is 5.79. The minimum absolute atomic E-state index is 0.0868. The Kier molecular flexibility index (Phi) is 3.59. The average Bonchev–Trinajstić information content (AvgIpc) is 2.68. The van der Waals surface area contributed by atoms with Crippen molar-refractivity contribution in [1.82, 2.24) is 19.7 Å². The van der Waals surface area contributed by atoms with E-state index in [0.29, 0.717) is 12.4 Å². The van der Waals surface area contributed by atoms with Crippen molar-refractivity contribution in [2.24, 2.45) is 0 Å². The average molecular weight is 260 g/mol. The third-order valence-corrected chi connectivity index (χ3v) is 3.12. The Hall–Kier alpha value is -2.24. The molecular formula is C13H16N4O2. The molecule has 0 unspecified atom stereocenters. The molecule has 6 heteroatoms. The Bertz CT molecular complexity index is 619. The minimum Gasteiger partial charge on any atom is -0.481 e. The molecule has 0 aliphatic carbocycles. The molecule has 0 spiro atoms. The maximum Gasteiger partial charge on any atom is 0.303 e. The number of aliphatic carboxylic acids is 1. The Labute approximate surface area is 111 Å². The molecule has 6 nitrogen and oxygen atoms in total. The van der Waals surface area contributed by atoms with E-state index in [-0.39, 0.29) is 6.42 Å². The van der Waals surface area contributed by atoms with Gasteiger partial charge in [-0.2, -0.15) is 5.10 Å². The largest absolute Gasteiger partial charge is 0.481 e. The van der Waals surface area contributed by atoms with Crippen LogP contribution in [0, 0.1) is 20.8 Å². The summed E-state index contributed by atoms with van der Waals surface area (Å²) in [4.78, 5) is 19.2. The second-order valence-corrected chi connectivity index (χ2v) is 4.50. The third kappa shape index (κ3) is 2.78. The molecule has 2 aromatic rings. The molecule has 0 bridgehead atoms. The zero-order valence-corrected chi connectivity index (χ0v) is 11.2. The van der Waals surface area contributed by atoms with Crippen LogP contribution in [-0.4, -0.2) is 30.8 Å². The molecule has 100 valence electrons. The van der Waals surface area contributed by atoms with Crippen LogP contribution in [0.4, 0.5) is 0 Å². The monoisotopic (exact) mass is 260 g/mol. The van der Waals surface area contributed by atoms with Gasteiger partial charge in [0, 0.05) is 24.0 Å². The fraction of sp³-hybridized carbons (Fsp3) is 0.385. The molecule has 0 aromatic carbocycles. The molecule has 0 radical (unpaired) electrons. The van der Waals surface area contributed by atoms with Crippen LogP contribution in [0.25, 0.3) is 5.95 Å². The second kappa shape index (κ2) is 5.17. The molecule has 1 N–H and O–H groups in total. The van der Waals surface area contributed by atoms with Crippen LogP contribution in [0.1, 0.15) is 28.9 Å². The number of nitrogens with zero attached hydrogens (tertiary/aromatic N) is 4. The lowest BCUT2D eigenvalue weighted by atomic mass is 10.1. The number of aryl methyl sites for hydroxylation is 3. The Morgan fingerprint density at radius 3 is 2.58 bits per heavy atom. The van der Waals surface area contributed by atoms with Crippen molar-refractivity contribution < 1.29 is 9.90 Å². The van der Waals surface area contributed by atoms with Gasteiger partial charge in [0.15, 0.2) is 0 Å². The van der Waals surface area contributed by atoms with Gasteiger partial charge in [0.05, 0.1) is 6.20 Å². The van der Waals surface area contributed by atoms with Gasteiger partial charge in [-0.25, -0.2) is 14.6 Å². The van der Waals surface area contributed by atoms with E-state index in [9.17, 15) is 4.79 Å². The van der Waals surface area contributed by atoms with Crippen LogP contribution < -0.4 is 0 Å². The van der Waals surface area contributed by atoms with Crippen LogP contribution in [0.15, 0.2) is 12.4 Å². The van der Waals surface area contributed by atoms with Crippen LogP contribution in [0.3, 0.4) is 0 Å². The SMILES string of the molecule is Cc1cnn(-c2ncc(CCC(=O)O)c(C)n2)c1C. The van der Waals surface area contributed by atoms with Crippen LogP contribution in [0.2, 0.25) is 0 Å². The van der Waals surface area contributed by atoms with Gasteiger partial charge in [0.25, 0.3) is 5.95 Å². The quantitative estimate of drug-likeness (QED) is 0.903. The molecule has 2 aromatic heterocycles. The summed E-state index contributed by atoms with van der Waals surface area (Å²) >= 11 is 0. The Balaban J connectivity index is 2.28. The van der Waals surface area contributed by atoms with Crippen molar-refractivity contribution in [2.75, 3.05) is 0 Å². The maximum absolute atomic E-state index is 10.6. The van der Waals surface area contributed by atoms with Crippen molar-refractivity contribution in [2.45, 2.75) is 33.6 Å². The highest BCUT2D eigenvalue weighted by Gasteiger charge is 2.10. The molecular weight excluding hydrogens is 244 g/mol. The molecule has 0 saturated heterocycles. The van der Waals surface area contributed by atoms with Crippen molar-refractivity contribution in [3.8, 4) is 5.95 Å². The molecule has 0 amide bonds. The van der Waals surface area contributed by atoms with Gasteiger partial charge in [0.2, 0.25) is 0 Å². The fourth-order valence-corrected chi connectivity index (χ4v) is 1.76. The Morgan fingerprint density at radius 2 is 2.05 bits per heavy atom. The minimum atomic E-state index is -0.818. The molecule has 0 aliphatic heterocycles. The number of rotatable bonds is 4. The van der Waals surface area contributed by atoms with Gasteiger partial charge in [-0.15, -0.1) is 0 Å². The normalized spacial score (nSPS) is 10.7.